The minimum Gasteiger partial charge on any atom is -0.379 e. The molecule has 0 saturated carbocycles. The van der Waals surface area contributed by atoms with Crippen molar-refractivity contribution in [3.8, 4) is 0 Å². The highest BCUT2D eigenvalue weighted by Gasteiger charge is 2.42. The highest BCUT2D eigenvalue weighted by atomic mass is 19.4. The third-order valence-corrected chi connectivity index (χ3v) is 1.33. The molecule has 0 rings (SSSR count). The molecule has 0 aromatic rings. The van der Waals surface area contributed by atoms with E-state index in [4.69, 9.17) is 9.47 Å². The topological polar surface area (TPSA) is 18.5 Å². The molecule has 0 N–H and O–H groups in total. The highest BCUT2D eigenvalue weighted by molar-refractivity contribution is 4.72. The zero-order chi connectivity index (χ0) is 11.4. The van der Waals surface area contributed by atoms with E-state index in [1.54, 1.807) is 27.7 Å². The van der Waals surface area contributed by atoms with Gasteiger partial charge in [0.25, 0.3) is 0 Å². The van der Waals surface area contributed by atoms with E-state index in [1.807, 2.05) is 0 Å². The summed E-state index contributed by atoms with van der Waals surface area (Å²) in [6.45, 7) is 6.19. The van der Waals surface area contributed by atoms with Gasteiger partial charge in [0.2, 0.25) is 0 Å². The predicted molar refractivity (Wildman–Crippen MR) is 47.2 cm³/mol. The van der Waals surface area contributed by atoms with Gasteiger partial charge in [-0.05, 0) is 27.7 Å². The van der Waals surface area contributed by atoms with Crippen LogP contribution in [0.25, 0.3) is 0 Å². The van der Waals surface area contributed by atoms with Crippen LogP contribution in [0.2, 0.25) is 0 Å². The van der Waals surface area contributed by atoms with Crippen molar-refractivity contribution in [2.24, 2.45) is 0 Å². The summed E-state index contributed by atoms with van der Waals surface area (Å²) in [4.78, 5) is 0. The summed E-state index contributed by atoms with van der Waals surface area (Å²) in [6.07, 6.45) is -6.22. The lowest BCUT2D eigenvalue weighted by atomic mass is 10.2. The van der Waals surface area contributed by atoms with E-state index in [1.165, 1.54) is 0 Å². The van der Waals surface area contributed by atoms with Crippen molar-refractivity contribution in [3.05, 3.63) is 0 Å². The summed E-state index contributed by atoms with van der Waals surface area (Å²) in [5.41, 5.74) is -0.822. The van der Waals surface area contributed by atoms with E-state index >= 15 is 0 Å². The van der Waals surface area contributed by atoms with Crippen molar-refractivity contribution in [2.75, 3.05) is 13.2 Å². The van der Waals surface area contributed by atoms with Gasteiger partial charge in [-0.1, -0.05) is 0 Å². The summed E-state index contributed by atoms with van der Waals surface area (Å²) < 4.78 is 46.7. The Balaban J connectivity index is 4.26. The number of hydrogen-bond acceptors (Lipinski definition) is 2. The number of halogens is 3. The fourth-order valence-electron chi connectivity index (χ4n) is 0.847. The molecule has 14 heavy (non-hydrogen) atoms. The van der Waals surface area contributed by atoms with Gasteiger partial charge in [0.15, 0.2) is 6.10 Å². The van der Waals surface area contributed by atoms with E-state index in [0.717, 1.165) is 0 Å². The molecule has 86 valence electrons. The largest absolute Gasteiger partial charge is 0.416 e. The number of ether oxygens (including phenoxy) is 2. The average molecular weight is 214 g/mol. The normalized spacial score (nSPS) is 15.6. The second kappa shape index (κ2) is 4.98. The van der Waals surface area contributed by atoms with Crippen LogP contribution in [0.1, 0.15) is 27.7 Å². The molecule has 0 fully saturated rings. The lowest BCUT2D eigenvalue weighted by Gasteiger charge is -2.28. The van der Waals surface area contributed by atoms with Crippen LogP contribution in [0, 0.1) is 0 Å². The molecule has 1 atom stereocenters. The standard InChI is InChI=1S/C9H17F3O2/c1-5-13-6-7(9(10,11)12)14-8(2,3)4/h7H,5-6H2,1-4H3/t7-/m0/s1. The minimum atomic E-state index is -4.37. The molecule has 2 nitrogen and oxygen atoms in total. The second-order valence-electron chi connectivity index (χ2n) is 3.92. The second-order valence-corrected chi connectivity index (χ2v) is 3.92. The number of rotatable bonds is 4. The fraction of sp³-hybridized carbons (Fsp3) is 1.00. The summed E-state index contributed by atoms with van der Waals surface area (Å²) in [7, 11) is 0. The number of hydrogen-bond donors (Lipinski definition) is 0. The minimum absolute atomic E-state index is 0.250. The van der Waals surface area contributed by atoms with Gasteiger partial charge in [0.05, 0.1) is 12.2 Å². The summed E-state index contributed by atoms with van der Waals surface area (Å²) in [6, 6.07) is 0. The Morgan fingerprint density at radius 2 is 1.64 bits per heavy atom. The van der Waals surface area contributed by atoms with Crippen LogP contribution >= 0.6 is 0 Å². The Kier molecular flexibility index (Phi) is 4.88. The third kappa shape index (κ3) is 6.21. The van der Waals surface area contributed by atoms with Crippen molar-refractivity contribution in [1.82, 2.24) is 0 Å². The molecule has 0 unspecified atom stereocenters. The molecule has 0 aromatic carbocycles. The Hall–Kier alpha value is -0.290. The monoisotopic (exact) mass is 214 g/mol. The fourth-order valence-corrected chi connectivity index (χ4v) is 0.847. The van der Waals surface area contributed by atoms with Gasteiger partial charge in [-0.15, -0.1) is 0 Å². The van der Waals surface area contributed by atoms with Crippen molar-refractivity contribution in [3.63, 3.8) is 0 Å². The van der Waals surface area contributed by atoms with Crippen LogP contribution < -0.4 is 0 Å². The van der Waals surface area contributed by atoms with Crippen LogP contribution in [0.5, 0.6) is 0 Å². The average Bonchev–Trinajstić information content (AvgIpc) is 1.93. The smallest absolute Gasteiger partial charge is 0.379 e. The lowest BCUT2D eigenvalue weighted by Crippen LogP contribution is -2.41. The van der Waals surface area contributed by atoms with Crippen LogP contribution in [0.15, 0.2) is 0 Å². The van der Waals surface area contributed by atoms with Gasteiger partial charge < -0.3 is 9.47 Å². The van der Waals surface area contributed by atoms with Crippen molar-refractivity contribution in [1.29, 1.82) is 0 Å². The van der Waals surface area contributed by atoms with Gasteiger partial charge in [0.1, 0.15) is 0 Å². The van der Waals surface area contributed by atoms with Crippen LogP contribution in [-0.4, -0.2) is 31.1 Å². The first-order valence-corrected chi connectivity index (χ1v) is 4.49. The number of alkyl halides is 3. The van der Waals surface area contributed by atoms with Gasteiger partial charge in [0, 0.05) is 6.61 Å². The summed E-state index contributed by atoms with van der Waals surface area (Å²) >= 11 is 0. The van der Waals surface area contributed by atoms with Crippen LogP contribution in [-0.2, 0) is 9.47 Å². The maximum atomic E-state index is 12.4. The Bertz CT molecular complexity index is 160. The molecule has 0 aliphatic heterocycles. The molecule has 0 spiro atoms. The van der Waals surface area contributed by atoms with Gasteiger partial charge >= 0.3 is 6.18 Å². The molecule has 0 heterocycles. The maximum absolute atomic E-state index is 12.4. The molecule has 0 radical (unpaired) electrons. The molecule has 0 bridgehead atoms. The first-order chi connectivity index (χ1) is 6.17. The van der Waals surface area contributed by atoms with E-state index in [0.29, 0.717) is 0 Å². The van der Waals surface area contributed by atoms with Crippen molar-refractivity contribution >= 4 is 0 Å². The highest BCUT2D eigenvalue weighted by Crippen LogP contribution is 2.26. The first-order valence-electron chi connectivity index (χ1n) is 4.49. The molecule has 0 amide bonds. The molecule has 5 heteroatoms. The van der Waals surface area contributed by atoms with Crippen LogP contribution in [0.3, 0.4) is 0 Å². The molecule has 0 aliphatic rings. The third-order valence-electron chi connectivity index (χ3n) is 1.33. The molecule has 0 saturated heterocycles. The molecule has 0 aliphatic carbocycles. The van der Waals surface area contributed by atoms with Crippen LogP contribution in [0.4, 0.5) is 13.2 Å². The maximum Gasteiger partial charge on any atom is 0.416 e. The Labute approximate surface area is 82.4 Å². The van der Waals surface area contributed by atoms with E-state index in [9.17, 15) is 13.2 Å². The van der Waals surface area contributed by atoms with Gasteiger partial charge in [-0.2, -0.15) is 13.2 Å². The SMILES string of the molecule is CCOC[C@H](OC(C)(C)C)C(F)(F)F. The molecular formula is C9H17F3O2. The Morgan fingerprint density at radius 1 is 1.14 bits per heavy atom. The molecule has 0 aromatic heterocycles. The van der Waals surface area contributed by atoms with Gasteiger partial charge in [-0.3, -0.25) is 0 Å². The zero-order valence-electron chi connectivity index (χ0n) is 8.94. The van der Waals surface area contributed by atoms with Gasteiger partial charge in [-0.25, -0.2) is 0 Å². The lowest BCUT2D eigenvalue weighted by molar-refractivity contribution is -0.257. The zero-order valence-corrected chi connectivity index (χ0v) is 8.94. The Morgan fingerprint density at radius 3 is 1.93 bits per heavy atom. The van der Waals surface area contributed by atoms with Crippen molar-refractivity contribution < 1.29 is 22.6 Å². The predicted octanol–water partition coefficient (Wildman–Crippen LogP) is 2.77. The summed E-state index contributed by atoms with van der Waals surface area (Å²) in [5, 5.41) is 0. The molecular weight excluding hydrogens is 197 g/mol. The van der Waals surface area contributed by atoms with Crippen molar-refractivity contribution in [2.45, 2.75) is 45.6 Å². The first kappa shape index (κ1) is 13.7. The van der Waals surface area contributed by atoms with E-state index in [2.05, 4.69) is 0 Å². The quantitative estimate of drug-likeness (QED) is 0.716. The van der Waals surface area contributed by atoms with E-state index in [-0.39, 0.29) is 6.61 Å². The van der Waals surface area contributed by atoms with E-state index < -0.39 is 24.5 Å². The summed E-state index contributed by atoms with van der Waals surface area (Å²) in [5.74, 6) is 0.